The lowest BCUT2D eigenvalue weighted by Crippen LogP contribution is -2.43. The zero-order valence-corrected chi connectivity index (χ0v) is 44.1. The summed E-state index contributed by atoms with van der Waals surface area (Å²) < 4.78 is 26.0. The molecule has 1 aliphatic carbocycles. The zero-order valence-electron chi connectivity index (χ0n) is 43.4. The number of anilines is 1. The molecule has 4 aromatic carbocycles. The Morgan fingerprint density at radius 2 is 1.52 bits per heavy atom. The maximum atomic E-state index is 15.4. The third-order valence-corrected chi connectivity index (χ3v) is 14.9. The van der Waals surface area contributed by atoms with Crippen LogP contribution in [0.4, 0.5) is 10.1 Å². The van der Waals surface area contributed by atoms with Crippen molar-refractivity contribution in [3.05, 3.63) is 118 Å². The van der Waals surface area contributed by atoms with Crippen LogP contribution in [0.2, 0.25) is 5.02 Å². The number of rotatable bonds is 20. The molecule has 2 atom stereocenters. The van der Waals surface area contributed by atoms with Crippen LogP contribution in [0, 0.1) is 23.6 Å². The van der Waals surface area contributed by atoms with E-state index in [4.69, 9.17) is 32.5 Å². The van der Waals surface area contributed by atoms with Gasteiger partial charge in [0.2, 0.25) is 5.91 Å². The van der Waals surface area contributed by atoms with Crippen LogP contribution in [0.5, 0.6) is 5.75 Å². The third-order valence-electron chi connectivity index (χ3n) is 14.5. The number of carbonyl (C=O) groups is 5. The molecule has 2 heterocycles. The van der Waals surface area contributed by atoms with E-state index in [0.29, 0.717) is 76.3 Å². The number of nitrogens with two attached hydrogens (primary N) is 2. The van der Waals surface area contributed by atoms with Crippen molar-refractivity contribution in [2.75, 3.05) is 79.1 Å². The Bertz CT molecular complexity index is 2370. The molecule has 13 nitrogen and oxygen atoms in total. The van der Waals surface area contributed by atoms with E-state index in [2.05, 4.69) is 15.1 Å². The summed E-state index contributed by atoms with van der Waals surface area (Å²) in [5.41, 5.74) is 17.0. The minimum Gasteiger partial charge on any atom is -0.488 e. The fourth-order valence-corrected chi connectivity index (χ4v) is 10.7. The van der Waals surface area contributed by atoms with Gasteiger partial charge in [0.05, 0.1) is 23.9 Å². The number of nitrogens with one attached hydrogen (secondary N) is 1. The number of aldehydes is 3. The minimum atomic E-state index is -0.722. The van der Waals surface area contributed by atoms with Crippen LogP contribution in [-0.4, -0.2) is 121 Å². The number of nitrogens with zero attached hydrogens (tertiary/aromatic N) is 3. The van der Waals surface area contributed by atoms with Gasteiger partial charge < -0.3 is 50.5 Å². The van der Waals surface area contributed by atoms with Gasteiger partial charge in [0.25, 0.3) is 5.91 Å². The molecule has 15 heteroatoms. The van der Waals surface area contributed by atoms with Gasteiger partial charge >= 0.3 is 0 Å². The van der Waals surface area contributed by atoms with Crippen LogP contribution in [-0.2, 0) is 25.7 Å². The largest absolute Gasteiger partial charge is 0.488 e. The number of likely N-dealkylation sites (N-methyl/N-ethyl adjacent to an activating group) is 1. The predicted molar refractivity (Wildman–Crippen MR) is 289 cm³/mol. The molecule has 2 aliphatic heterocycles. The van der Waals surface area contributed by atoms with Crippen LogP contribution in [0.15, 0.2) is 78.9 Å². The van der Waals surface area contributed by atoms with Crippen LogP contribution in [0.3, 0.4) is 0 Å². The van der Waals surface area contributed by atoms with E-state index in [1.54, 1.807) is 44.5 Å². The predicted octanol–water partition coefficient (Wildman–Crippen LogP) is 9.10. The highest BCUT2D eigenvalue weighted by atomic mass is 35.5. The lowest BCUT2D eigenvalue weighted by atomic mass is 9.82. The monoisotopic (exact) mass is 1020 g/mol. The van der Waals surface area contributed by atoms with E-state index in [0.717, 1.165) is 87.8 Å². The molecule has 7 rings (SSSR count). The lowest BCUT2D eigenvalue weighted by Gasteiger charge is -2.39. The Hall–Kier alpha value is -5.51. The number of hydrogen-bond donors (Lipinski definition) is 3. The number of amides is 2. The quantitative estimate of drug-likeness (QED) is 0.0569. The maximum Gasteiger partial charge on any atom is 0.257 e. The van der Waals surface area contributed by atoms with Crippen molar-refractivity contribution < 1.29 is 37.8 Å². The molecule has 1 saturated carbocycles. The molecule has 2 saturated heterocycles. The van der Waals surface area contributed by atoms with E-state index in [1.807, 2.05) is 62.6 Å². The highest BCUT2D eigenvalue weighted by molar-refractivity contribution is 6.33. The average Bonchev–Trinajstić information content (AvgIpc) is 3.43. The summed E-state index contributed by atoms with van der Waals surface area (Å²) in [6.45, 7) is 4.58. The first-order chi connectivity index (χ1) is 35.5. The highest BCUT2D eigenvalue weighted by Crippen LogP contribution is 2.40. The van der Waals surface area contributed by atoms with E-state index in [-0.39, 0.29) is 49.5 Å². The first kappa shape index (κ1) is 58.4. The molecular weight excluding hydrogens is 947 g/mol. The summed E-state index contributed by atoms with van der Waals surface area (Å²) in [6.07, 6.45) is 13.8. The molecular formula is C58H78ClFN6O7. The molecule has 396 valence electrons. The number of carbonyl (C=O) groups excluding carboxylic acids is 5. The van der Waals surface area contributed by atoms with Gasteiger partial charge in [-0.3, -0.25) is 14.4 Å². The summed E-state index contributed by atoms with van der Waals surface area (Å²) in [6, 6.07) is 23.5. The molecule has 0 radical (unpaired) electrons. The number of piperidine rings is 2. The van der Waals surface area contributed by atoms with Gasteiger partial charge in [0, 0.05) is 93.4 Å². The van der Waals surface area contributed by atoms with Crippen molar-refractivity contribution in [1.82, 2.24) is 15.1 Å². The van der Waals surface area contributed by atoms with E-state index in [1.165, 1.54) is 30.6 Å². The molecule has 73 heavy (non-hydrogen) atoms. The SMILES string of the molecule is CN(C(=O)c1c(C=O)cccc1N1CCC(CC2CCN(C(=O)C3CCCCC3)CC2)CC1)C(C=O)CCC=O.CNC.COCCOc1ccc(CN)c(-c2cc(C(CN)c3ccccc3)ccc2Cl)c1F. The number of ether oxygens (including phenoxy) is 2. The second-order valence-electron chi connectivity index (χ2n) is 19.4. The van der Waals surface area contributed by atoms with Gasteiger partial charge in [0.1, 0.15) is 19.2 Å². The number of methoxy groups -OCH3 is 1. The molecule has 3 aliphatic rings. The van der Waals surface area contributed by atoms with Gasteiger partial charge in [-0.25, -0.2) is 4.39 Å². The third kappa shape index (κ3) is 16.0. The smallest absolute Gasteiger partial charge is 0.257 e. The van der Waals surface area contributed by atoms with E-state index >= 15 is 4.39 Å². The molecule has 0 spiro atoms. The van der Waals surface area contributed by atoms with E-state index in [9.17, 15) is 24.0 Å². The Balaban J connectivity index is 0.000000266. The fourth-order valence-electron chi connectivity index (χ4n) is 10.5. The van der Waals surface area contributed by atoms with Gasteiger partial charge in [-0.05, 0) is 118 Å². The normalized spacial score (nSPS) is 16.2. The van der Waals surface area contributed by atoms with Gasteiger partial charge in [-0.2, -0.15) is 0 Å². The first-order valence-electron chi connectivity index (χ1n) is 26.0. The first-order valence-corrected chi connectivity index (χ1v) is 26.4. The van der Waals surface area contributed by atoms with Crippen molar-refractivity contribution >= 4 is 48.0 Å². The molecule has 0 aromatic heterocycles. The van der Waals surface area contributed by atoms with Crippen molar-refractivity contribution in [2.45, 2.75) is 95.6 Å². The van der Waals surface area contributed by atoms with Crippen molar-refractivity contribution in [3.63, 3.8) is 0 Å². The molecule has 0 bridgehead atoms. The maximum absolute atomic E-state index is 15.4. The molecule has 4 aromatic rings. The van der Waals surface area contributed by atoms with Crippen LogP contribution < -0.4 is 26.4 Å². The van der Waals surface area contributed by atoms with Crippen LogP contribution in [0.25, 0.3) is 11.1 Å². The second kappa shape index (κ2) is 30.6. The molecule has 2 unspecified atom stereocenters. The Morgan fingerprint density at radius 1 is 0.849 bits per heavy atom. The summed E-state index contributed by atoms with van der Waals surface area (Å²) in [7, 11) is 6.87. The van der Waals surface area contributed by atoms with E-state index < -0.39 is 11.9 Å². The topological polar surface area (TPSA) is 178 Å². The Kier molecular flexibility index (Phi) is 24.5. The number of benzene rings is 4. The standard InChI is InChI=1S/C32H45N3O5.C24H26ClFN2O2.C2H7N/c1-33(28(23-38)10-6-20-36)32(40)30-27(22-37)9-5-11-29(30)34-16-12-24(13-17-34)21-25-14-18-35(19-15-25)31(39)26-7-3-2-4-8-26;1-29-11-12-30-22-10-8-18(14-27)23(24(22)26)19-13-17(7-9-21(19)25)20(15-28)16-5-3-2-4-6-16;1-3-2/h5,9,11,20,22-26,28H,2-4,6-8,10,12-19,21H2,1H3;2-10,13,20H,11-12,14-15,27-28H2,1H3;3H,1-2H3. The second-order valence-corrected chi connectivity index (χ2v) is 19.8. The van der Waals surface area contributed by atoms with Gasteiger partial charge in [-0.1, -0.05) is 85.5 Å². The number of likely N-dealkylation sites (tertiary alicyclic amines) is 1. The zero-order chi connectivity index (χ0) is 52.7. The summed E-state index contributed by atoms with van der Waals surface area (Å²) in [4.78, 5) is 66.5. The van der Waals surface area contributed by atoms with Crippen LogP contribution >= 0.6 is 11.6 Å². The average molecular weight is 1030 g/mol. The minimum absolute atomic E-state index is 0.0345. The lowest BCUT2D eigenvalue weighted by molar-refractivity contribution is -0.138. The molecule has 5 N–H and O–H groups in total. The number of hydrogen-bond acceptors (Lipinski definition) is 11. The Morgan fingerprint density at radius 3 is 2.12 bits per heavy atom. The van der Waals surface area contributed by atoms with Gasteiger partial charge in [-0.15, -0.1) is 0 Å². The Labute approximate surface area is 437 Å². The van der Waals surface area contributed by atoms with Crippen molar-refractivity contribution in [1.29, 1.82) is 0 Å². The highest BCUT2D eigenvalue weighted by Gasteiger charge is 2.33. The summed E-state index contributed by atoms with van der Waals surface area (Å²) in [5, 5.41) is 3.19. The number of halogens is 2. The van der Waals surface area contributed by atoms with Crippen LogP contribution in [0.1, 0.15) is 120 Å². The fraction of sp³-hybridized carbons (Fsp3) is 0.500. The van der Waals surface area contributed by atoms with Crippen molar-refractivity contribution in [3.8, 4) is 16.9 Å². The summed E-state index contributed by atoms with van der Waals surface area (Å²) >= 11 is 6.51. The van der Waals surface area contributed by atoms with Crippen molar-refractivity contribution in [2.24, 2.45) is 29.2 Å². The summed E-state index contributed by atoms with van der Waals surface area (Å²) in [5.74, 6) is 1.15. The van der Waals surface area contributed by atoms with Gasteiger partial charge in [0.15, 0.2) is 17.9 Å². The molecule has 3 fully saturated rings. The molecule has 2 amide bonds.